The molecule has 2 saturated heterocycles. The van der Waals surface area contributed by atoms with Gasteiger partial charge in [-0.05, 0) is 36.1 Å². The van der Waals surface area contributed by atoms with Crippen molar-refractivity contribution in [3.05, 3.63) is 29.3 Å². The second kappa shape index (κ2) is 6.61. The number of benzene rings is 1. The van der Waals surface area contributed by atoms with E-state index in [-0.39, 0.29) is 11.3 Å². The van der Waals surface area contributed by atoms with E-state index in [1.807, 2.05) is 4.90 Å². The van der Waals surface area contributed by atoms with Crippen LogP contribution in [0.25, 0.3) is 0 Å². The molecule has 0 aromatic heterocycles. The first kappa shape index (κ1) is 16.9. The highest BCUT2D eigenvalue weighted by Gasteiger charge is 2.50. The molecule has 2 atom stereocenters. The van der Waals surface area contributed by atoms with Gasteiger partial charge in [0.05, 0.1) is 13.2 Å². The summed E-state index contributed by atoms with van der Waals surface area (Å²) in [5.41, 5.74) is 2.85. The van der Waals surface area contributed by atoms with Gasteiger partial charge in [-0.25, -0.2) is 0 Å². The van der Waals surface area contributed by atoms with Crippen LogP contribution >= 0.6 is 0 Å². The third-order valence-electron chi connectivity index (χ3n) is 6.25. The predicted octanol–water partition coefficient (Wildman–Crippen LogP) is 1.94. The Bertz CT molecular complexity index is 662. The molecule has 136 valence electrons. The van der Waals surface area contributed by atoms with Gasteiger partial charge in [0.2, 0.25) is 5.91 Å². The van der Waals surface area contributed by atoms with E-state index < -0.39 is 0 Å². The van der Waals surface area contributed by atoms with Crippen molar-refractivity contribution in [2.75, 3.05) is 46.5 Å². The van der Waals surface area contributed by atoms with Crippen LogP contribution in [0.3, 0.4) is 0 Å². The monoisotopic (exact) mass is 344 g/mol. The number of amides is 1. The Morgan fingerprint density at radius 3 is 3.08 bits per heavy atom. The minimum atomic E-state index is 0.142. The lowest BCUT2D eigenvalue weighted by atomic mass is 9.73. The van der Waals surface area contributed by atoms with Gasteiger partial charge in [0.25, 0.3) is 0 Å². The van der Waals surface area contributed by atoms with Crippen molar-refractivity contribution in [1.29, 1.82) is 0 Å². The number of fused-ring (bicyclic) bond motifs is 2. The first-order valence-corrected chi connectivity index (χ1v) is 9.31. The Hall–Kier alpha value is -1.59. The normalized spacial score (nSPS) is 28.6. The smallest absolute Gasteiger partial charge is 0.219 e. The summed E-state index contributed by atoms with van der Waals surface area (Å²) >= 11 is 0. The van der Waals surface area contributed by atoms with Crippen LogP contribution in [-0.2, 0) is 22.5 Å². The second-order valence-electron chi connectivity index (χ2n) is 7.92. The Morgan fingerprint density at radius 1 is 1.40 bits per heavy atom. The van der Waals surface area contributed by atoms with Crippen LogP contribution in [0.2, 0.25) is 0 Å². The fourth-order valence-electron chi connectivity index (χ4n) is 4.85. The van der Waals surface area contributed by atoms with Crippen LogP contribution in [0, 0.1) is 11.3 Å². The molecule has 3 aliphatic heterocycles. The van der Waals surface area contributed by atoms with Gasteiger partial charge < -0.3 is 14.4 Å². The standard InChI is InChI=1S/C20H28N2O3/c1-15(23)22-12-18-11-21(7-6-20(18,13-22)14-24-2)10-16-3-4-19-17(9-16)5-8-25-19/h3-4,9,18H,5-8,10-14H2,1-2H3/t18-,20+/m1/s1. The average molecular weight is 344 g/mol. The first-order valence-electron chi connectivity index (χ1n) is 9.31. The topological polar surface area (TPSA) is 42.0 Å². The van der Waals surface area contributed by atoms with Gasteiger partial charge in [-0.15, -0.1) is 0 Å². The molecule has 25 heavy (non-hydrogen) atoms. The largest absolute Gasteiger partial charge is 0.493 e. The van der Waals surface area contributed by atoms with Gasteiger partial charge in [-0.1, -0.05) is 12.1 Å². The summed E-state index contributed by atoms with van der Waals surface area (Å²) in [5, 5.41) is 0. The van der Waals surface area contributed by atoms with Gasteiger partial charge in [-0.3, -0.25) is 9.69 Å². The van der Waals surface area contributed by atoms with E-state index in [2.05, 4.69) is 23.1 Å². The Morgan fingerprint density at radius 2 is 2.28 bits per heavy atom. The fourth-order valence-corrected chi connectivity index (χ4v) is 4.85. The molecular weight excluding hydrogens is 316 g/mol. The second-order valence-corrected chi connectivity index (χ2v) is 7.92. The Balaban J connectivity index is 1.45. The van der Waals surface area contributed by atoms with Crippen LogP contribution in [0.1, 0.15) is 24.5 Å². The highest BCUT2D eigenvalue weighted by atomic mass is 16.5. The molecule has 1 amide bonds. The molecule has 0 spiro atoms. The molecule has 0 unspecified atom stereocenters. The lowest BCUT2D eigenvalue weighted by Gasteiger charge is -2.43. The Labute approximate surface area is 149 Å². The van der Waals surface area contributed by atoms with E-state index in [1.165, 1.54) is 11.1 Å². The molecule has 0 bridgehead atoms. The van der Waals surface area contributed by atoms with E-state index in [9.17, 15) is 4.79 Å². The SMILES string of the molecule is COC[C@@]12CCN(Cc3ccc4c(c3)CCO4)C[C@@H]1CN(C(C)=O)C2. The van der Waals surface area contributed by atoms with Gasteiger partial charge in [-0.2, -0.15) is 0 Å². The van der Waals surface area contributed by atoms with Gasteiger partial charge in [0, 0.05) is 52.0 Å². The van der Waals surface area contributed by atoms with Crippen LogP contribution in [0.15, 0.2) is 18.2 Å². The molecule has 0 saturated carbocycles. The minimum absolute atomic E-state index is 0.142. The van der Waals surface area contributed by atoms with E-state index in [0.29, 0.717) is 5.92 Å². The van der Waals surface area contributed by atoms with Crippen molar-refractivity contribution < 1.29 is 14.3 Å². The molecule has 4 rings (SSSR count). The average Bonchev–Trinajstić information content (AvgIpc) is 3.19. The van der Waals surface area contributed by atoms with E-state index in [4.69, 9.17) is 9.47 Å². The number of rotatable bonds is 4. The van der Waals surface area contributed by atoms with Crippen LogP contribution in [0.5, 0.6) is 5.75 Å². The molecular formula is C20H28N2O3. The number of carbonyl (C=O) groups is 1. The number of nitrogens with zero attached hydrogens (tertiary/aromatic N) is 2. The molecule has 5 heteroatoms. The van der Waals surface area contributed by atoms with Crippen molar-refractivity contribution in [1.82, 2.24) is 9.80 Å². The molecule has 5 nitrogen and oxygen atoms in total. The summed E-state index contributed by atoms with van der Waals surface area (Å²) in [7, 11) is 1.78. The van der Waals surface area contributed by atoms with Crippen molar-refractivity contribution in [2.45, 2.75) is 26.3 Å². The molecule has 3 aliphatic rings. The molecule has 1 aromatic carbocycles. The summed E-state index contributed by atoms with van der Waals surface area (Å²) in [5.74, 6) is 1.74. The number of piperidine rings is 1. The summed E-state index contributed by atoms with van der Waals surface area (Å²) in [6.07, 6.45) is 2.12. The maximum atomic E-state index is 11.9. The summed E-state index contributed by atoms with van der Waals surface area (Å²) in [6, 6.07) is 6.61. The minimum Gasteiger partial charge on any atom is -0.493 e. The van der Waals surface area contributed by atoms with E-state index in [0.717, 1.165) is 64.5 Å². The molecule has 0 aliphatic carbocycles. The van der Waals surface area contributed by atoms with Crippen LogP contribution in [0.4, 0.5) is 0 Å². The van der Waals surface area contributed by atoms with Crippen LogP contribution < -0.4 is 4.74 Å². The van der Waals surface area contributed by atoms with E-state index >= 15 is 0 Å². The maximum Gasteiger partial charge on any atom is 0.219 e. The zero-order valence-corrected chi connectivity index (χ0v) is 15.3. The zero-order valence-electron chi connectivity index (χ0n) is 15.3. The summed E-state index contributed by atoms with van der Waals surface area (Å²) < 4.78 is 11.2. The van der Waals surface area contributed by atoms with Gasteiger partial charge in [0.15, 0.2) is 0 Å². The van der Waals surface area contributed by atoms with Crippen molar-refractivity contribution in [3.63, 3.8) is 0 Å². The zero-order chi connectivity index (χ0) is 17.4. The molecule has 0 radical (unpaired) electrons. The number of likely N-dealkylation sites (tertiary alicyclic amines) is 2. The molecule has 1 aromatic rings. The fraction of sp³-hybridized carbons (Fsp3) is 0.650. The maximum absolute atomic E-state index is 11.9. The number of hydrogen-bond acceptors (Lipinski definition) is 4. The Kier molecular flexibility index (Phi) is 4.46. The van der Waals surface area contributed by atoms with E-state index in [1.54, 1.807) is 14.0 Å². The third-order valence-corrected chi connectivity index (χ3v) is 6.25. The molecule has 0 N–H and O–H groups in total. The summed E-state index contributed by atoms with van der Waals surface area (Å²) in [6.45, 7) is 8.06. The summed E-state index contributed by atoms with van der Waals surface area (Å²) in [4.78, 5) is 16.4. The molecule has 3 heterocycles. The highest BCUT2D eigenvalue weighted by molar-refractivity contribution is 5.73. The van der Waals surface area contributed by atoms with Crippen molar-refractivity contribution in [2.24, 2.45) is 11.3 Å². The quantitative estimate of drug-likeness (QED) is 0.837. The number of carbonyl (C=O) groups excluding carboxylic acids is 1. The predicted molar refractivity (Wildman–Crippen MR) is 95.6 cm³/mol. The number of ether oxygens (including phenoxy) is 2. The first-order chi connectivity index (χ1) is 12.1. The number of hydrogen-bond donors (Lipinski definition) is 0. The van der Waals surface area contributed by atoms with Gasteiger partial charge >= 0.3 is 0 Å². The lowest BCUT2D eigenvalue weighted by molar-refractivity contribution is -0.128. The van der Waals surface area contributed by atoms with Crippen LogP contribution in [-0.4, -0.2) is 62.2 Å². The van der Waals surface area contributed by atoms with Gasteiger partial charge in [0.1, 0.15) is 5.75 Å². The third kappa shape index (κ3) is 3.15. The molecule has 2 fully saturated rings. The van der Waals surface area contributed by atoms with Crippen molar-refractivity contribution >= 4 is 5.91 Å². The highest BCUT2D eigenvalue weighted by Crippen LogP contribution is 2.43. The van der Waals surface area contributed by atoms with Crippen molar-refractivity contribution in [3.8, 4) is 5.75 Å². The lowest BCUT2D eigenvalue weighted by Crippen LogP contribution is -2.48. The number of methoxy groups -OCH3 is 1.